The second kappa shape index (κ2) is 11.5. The molecule has 206 valence electrons. The molecular formula is C30H29FN4O4S. The van der Waals surface area contributed by atoms with Gasteiger partial charge in [-0.15, -0.1) is 0 Å². The molecule has 2 heterocycles. The summed E-state index contributed by atoms with van der Waals surface area (Å²) in [5.41, 5.74) is 2.18. The van der Waals surface area contributed by atoms with Gasteiger partial charge in [0.1, 0.15) is 11.6 Å². The number of aromatic nitrogens is 1. The molecule has 0 aliphatic carbocycles. The Hall–Kier alpha value is -4.15. The van der Waals surface area contributed by atoms with Crippen LogP contribution in [0.1, 0.15) is 36.9 Å². The van der Waals surface area contributed by atoms with Gasteiger partial charge in [-0.05, 0) is 66.1 Å². The predicted octanol–water partition coefficient (Wildman–Crippen LogP) is 5.16. The van der Waals surface area contributed by atoms with E-state index < -0.39 is 28.5 Å². The van der Waals surface area contributed by atoms with E-state index in [0.717, 1.165) is 5.56 Å². The molecule has 0 radical (unpaired) electrons. The summed E-state index contributed by atoms with van der Waals surface area (Å²) in [5.74, 6) is -0.173. The minimum Gasteiger partial charge on any atom is -0.497 e. The first-order chi connectivity index (χ1) is 19.3. The topological polar surface area (TPSA) is 92.2 Å². The molecule has 0 N–H and O–H groups in total. The summed E-state index contributed by atoms with van der Waals surface area (Å²) < 4.78 is 47.9. The Morgan fingerprint density at radius 1 is 1.07 bits per heavy atom. The normalized spacial score (nSPS) is 15.4. The van der Waals surface area contributed by atoms with Crippen LogP contribution < -0.4 is 4.74 Å². The molecule has 3 aromatic carbocycles. The van der Waals surface area contributed by atoms with Gasteiger partial charge in [0.25, 0.3) is 5.91 Å². The van der Waals surface area contributed by atoms with Crippen LogP contribution >= 0.6 is 0 Å². The Morgan fingerprint density at radius 3 is 2.52 bits per heavy atom. The molecule has 10 heteroatoms. The lowest BCUT2D eigenvalue weighted by molar-refractivity contribution is -0.133. The third-order valence-corrected chi connectivity index (χ3v) is 8.79. The van der Waals surface area contributed by atoms with E-state index in [2.05, 4.69) is 10.1 Å². The zero-order chi connectivity index (χ0) is 28.3. The van der Waals surface area contributed by atoms with Gasteiger partial charge < -0.3 is 4.74 Å². The summed E-state index contributed by atoms with van der Waals surface area (Å²) >= 11 is 0. The molecular weight excluding hydrogens is 531 g/mol. The minimum absolute atomic E-state index is 0.118. The number of methoxy groups -OCH3 is 1. The van der Waals surface area contributed by atoms with Gasteiger partial charge in [0.15, 0.2) is 0 Å². The first-order valence-electron chi connectivity index (χ1n) is 12.9. The Kier molecular flexibility index (Phi) is 7.90. The molecule has 0 saturated carbocycles. The summed E-state index contributed by atoms with van der Waals surface area (Å²) in [7, 11) is -2.45. The van der Waals surface area contributed by atoms with Crippen molar-refractivity contribution in [3.8, 4) is 5.75 Å². The summed E-state index contributed by atoms with van der Waals surface area (Å²) in [6.07, 6.45) is 4.06. The van der Waals surface area contributed by atoms with E-state index >= 15 is 0 Å². The van der Waals surface area contributed by atoms with Gasteiger partial charge in [-0.1, -0.05) is 31.2 Å². The molecule has 1 amide bonds. The number of carbonyl (C=O) groups is 1. The number of halogens is 1. The lowest BCUT2D eigenvalue weighted by Crippen LogP contribution is -2.41. The van der Waals surface area contributed by atoms with Crippen LogP contribution in [0.3, 0.4) is 0 Å². The van der Waals surface area contributed by atoms with Crippen LogP contribution in [0, 0.1) is 5.82 Å². The standard InChI is InChI=1S/C30H29FN4O4S/c1-3-17-34(40(37,38)29-6-4-5-23-19-32-16-15-26(23)29)20-30(36)35-28(22-7-11-24(31)12-8-22)18-27(33-35)21-9-13-25(39-2)14-10-21/h4-16,19,28H,3,17-18,20H2,1-2H3. The molecule has 0 fully saturated rings. The summed E-state index contributed by atoms with van der Waals surface area (Å²) in [6.45, 7) is 1.62. The fraction of sp³-hybridized carbons (Fsp3) is 0.233. The van der Waals surface area contributed by atoms with Crippen LogP contribution in [0.2, 0.25) is 0 Å². The molecule has 0 spiro atoms. The van der Waals surface area contributed by atoms with Crippen molar-refractivity contribution in [2.75, 3.05) is 20.2 Å². The van der Waals surface area contributed by atoms with Crippen molar-refractivity contribution in [3.05, 3.63) is 102 Å². The van der Waals surface area contributed by atoms with Gasteiger partial charge >= 0.3 is 0 Å². The lowest BCUT2D eigenvalue weighted by Gasteiger charge is -2.26. The molecule has 0 saturated heterocycles. The van der Waals surface area contributed by atoms with E-state index in [1.807, 2.05) is 31.2 Å². The zero-order valence-electron chi connectivity index (χ0n) is 22.2. The zero-order valence-corrected chi connectivity index (χ0v) is 23.0. The number of hydrogen-bond donors (Lipinski definition) is 0. The van der Waals surface area contributed by atoms with Gasteiger partial charge in [0, 0.05) is 36.1 Å². The fourth-order valence-electron chi connectivity index (χ4n) is 4.86. The Bertz CT molecular complexity index is 1650. The van der Waals surface area contributed by atoms with Crippen LogP contribution in [0.25, 0.3) is 10.8 Å². The van der Waals surface area contributed by atoms with Gasteiger partial charge in [-0.2, -0.15) is 9.41 Å². The number of sulfonamides is 1. The molecule has 1 unspecified atom stereocenters. The van der Waals surface area contributed by atoms with Crippen molar-refractivity contribution < 1.29 is 22.3 Å². The van der Waals surface area contributed by atoms with Crippen molar-refractivity contribution in [2.45, 2.75) is 30.7 Å². The molecule has 1 aliphatic rings. The maximum atomic E-state index is 13.9. The van der Waals surface area contributed by atoms with E-state index in [-0.39, 0.29) is 17.3 Å². The van der Waals surface area contributed by atoms with E-state index in [4.69, 9.17) is 4.74 Å². The van der Waals surface area contributed by atoms with Crippen molar-refractivity contribution in [1.82, 2.24) is 14.3 Å². The molecule has 1 aromatic heterocycles. The van der Waals surface area contributed by atoms with E-state index in [0.29, 0.717) is 40.6 Å². The number of hydrazone groups is 1. The lowest BCUT2D eigenvalue weighted by atomic mass is 9.98. The molecule has 5 rings (SSSR count). The first kappa shape index (κ1) is 27.4. The van der Waals surface area contributed by atoms with Gasteiger partial charge in [-0.25, -0.2) is 17.8 Å². The quantitative estimate of drug-likeness (QED) is 0.282. The highest BCUT2D eigenvalue weighted by molar-refractivity contribution is 7.89. The van der Waals surface area contributed by atoms with E-state index in [1.54, 1.807) is 55.9 Å². The van der Waals surface area contributed by atoms with Crippen LogP contribution in [-0.2, 0) is 14.8 Å². The third kappa shape index (κ3) is 5.45. The SMILES string of the molecule is CCCN(CC(=O)N1N=C(c2ccc(OC)cc2)CC1c1ccc(F)cc1)S(=O)(=O)c1cccc2cnccc12. The molecule has 40 heavy (non-hydrogen) atoms. The maximum absolute atomic E-state index is 13.9. The minimum atomic E-state index is -4.03. The average molecular weight is 561 g/mol. The fourth-order valence-corrected chi connectivity index (χ4v) is 6.55. The highest BCUT2D eigenvalue weighted by atomic mass is 32.2. The molecule has 1 atom stereocenters. The molecule has 8 nitrogen and oxygen atoms in total. The van der Waals surface area contributed by atoms with Crippen LogP contribution in [0.5, 0.6) is 5.75 Å². The Morgan fingerprint density at radius 2 is 1.82 bits per heavy atom. The largest absolute Gasteiger partial charge is 0.497 e. The van der Waals surface area contributed by atoms with Crippen LogP contribution in [-0.4, -0.2) is 54.5 Å². The number of nitrogens with zero attached hydrogens (tertiary/aromatic N) is 4. The second-order valence-corrected chi connectivity index (χ2v) is 11.4. The van der Waals surface area contributed by atoms with Crippen LogP contribution in [0.4, 0.5) is 4.39 Å². The number of amides is 1. The number of carbonyl (C=O) groups excluding carboxylic acids is 1. The summed E-state index contributed by atoms with van der Waals surface area (Å²) in [4.78, 5) is 18.0. The van der Waals surface area contributed by atoms with Crippen molar-refractivity contribution in [2.24, 2.45) is 5.10 Å². The number of pyridine rings is 1. The van der Waals surface area contributed by atoms with Crippen LogP contribution in [0.15, 0.2) is 95.2 Å². The smallest absolute Gasteiger partial charge is 0.258 e. The van der Waals surface area contributed by atoms with E-state index in [9.17, 15) is 17.6 Å². The molecule has 1 aliphatic heterocycles. The summed E-state index contributed by atoms with van der Waals surface area (Å²) in [5, 5.41) is 7.21. The summed E-state index contributed by atoms with van der Waals surface area (Å²) in [6, 6.07) is 19.4. The van der Waals surface area contributed by atoms with E-state index in [1.165, 1.54) is 21.4 Å². The van der Waals surface area contributed by atoms with Crippen molar-refractivity contribution in [3.63, 3.8) is 0 Å². The van der Waals surface area contributed by atoms with Crippen molar-refractivity contribution >= 4 is 32.4 Å². The highest BCUT2D eigenvalue weighted by Crippen LogP contribution is 2.34. The highest BCUT2D eigenvalue weighted by Gasteiger charge is 2.36. The number of ether oxygens (including phenoxy) is 1. The number of benzene rings is 3. The second-order valence-electron chi connectivity index (χ2n) is 9.48. The first-order valence-corrected chi connectivity index (χ1v) is 14.4. The number of hydrogen-bond acceptors (Lipinski definition) is 6. The average Bonchev–Trinajstić information content (AvgIpc) is 3.43. The Balaban J connectivity index is 1.49. The maximum Gasteiger partial charge on any atom is 0.258 e. The monoisotopic (exact) mass is 560 g/mol. The van der Waals surface area contributed by atoms with Gasteiger partial charge in [0.05, 0.1) is 30.3 Å². The van der Waals surface area contributed by atoms with Gasteiger partial charge in [-0.3, -0.25) is 9.78 Å². The number of rotatable bonds is 9. The molecule has 0 bridgehead atoms. The predicted molar refractivity (Wildman–Crippen MR) is 151 cm³/mol. The number of fused-ring (bicyclic) bond motifs is 1. The van der Waals surface area contributed by atoms with Gasteiger partial charge in [0.2, 0.25) is 10.0 Å². The Labute approximate surface area is 232 Å². The molecule has 4 aromatic rings. The van der Waals surface area contributed by atoms with Crippen molar-refractivity contribution in [1.29, 1.82) is 0 Å². The third-order valence-electron chi connectivity index (χ3n) is 6.89.